The Bertz CT molecular complexity index is 471. The minimum absolute atomic E-state index is 0.0536. The highest BCUT2D eigenvalue weighted by molar-refractivity contribution is 5.68. The molecule has 3 N–H and O–H groups in total. The molecule has 0 aliphatic rings. The SMILES string of the molecule is C/C=C(N)/C(O)=C\C=C(/CC)CCN(CC)C(=O)OC(C)(C)C. The zero-order valence-corrected chi connectivity index (χ0v) is 15.3. The van der Waals surface area contributed by atoms with E-state index in [2.05, 4.69) is 0 Å². The molecule has 0 aliphatic heterocycles. The summed E-state index contributed by atoms with van der Waals surface area (Å²) in [6, 6.07) is 0. The molecule has 0 saturated carbocycles. The van der Waals surface area contributed by atoms with Crippen LogP contribution < -0.4 is 5.73 Å². The molecule has 0 aromatic carbocycles. The average molecular weight is 324 g/mol. The molecule has 0 aliphatic carbocycles. The van der Waals surface area contributed by atoms with Crippen LogP contribution in [0, 0.1) is 0 Å². The zero-order chi connectivity index (χ0) is 18.0. The van der Waals surface area contributed by atoms with Gasteiger partial charge in [0.25, 0.3) is 0 Å². The number of aliphatic hydroxyl groups excluding tert-OH is 1. The van der Waals surface area contributed by atoms with Gasteiger partial charge in [-0.05, 0) is 53.5 Å². The summed E-state index contributed by atoms with van der Waals surface area (Å²) in [4.78, 5) is 13.8. The second-order valence-corrected chi connectivity index (χ2v) is 6.28. The Labute approximate surface area is 140 Å². The smallest absolute Gasteiger partial charge is 0.410 e. The van der Waals surface area contributed by atoms with Gasteiger partial charge in [-0.25, -0.2) is 4.79 Å². The topological polar surface area (TPSA) is 75.8 Å². The van der Waals surface area contributed by atoms with Gasteiger partial charge in [0.15, 0.2) is 0 Å². The minimum atomic E-state index is -0.494. The number of ether oxygens (including phenoxy) is 1. The monoisotopic (exact) mass is 324 g/mol. The quantitative estimate of drug-likeness (QED) is 0.541. The van der Waals surface area contributed by atoms with Crippen molar-refractivity contribution in [2.24, 2.45) is 5.73 Å². The maximum atomic E-state index is 12.1. The number of hydrogen-bond donors (Lipinski definition) is 2. The maximum Gasteiger partial charge on any atom is 0.410 e. The van der Waals surface area contributed by atoms with Crippen LogP contribution in [0.2, 0.25) is 0 Å². The molecule has 23 heavy (non-hydrogen) atoms. The number of rotatable bonds is 7. The standard InChI is InChI=1S/C18H32N2O3/c1-7-14(10-11-16(21)15(19)8-2)12-13-20(9-3)17(22)23-18(4,5)6/h8,10-11,21H,7,9,12-13,19H2,1-6H3/b14-10+,15-8-,16-11+. The van der Waals surface area contributed by atoms with Gasteiger partial charge in [-0.3, -0.25) is 0 Å². The highest BCUT2D eigenvalue weighted by Gasteiger charge is 2.20. The second kappa shape index (κ2) is 9.98. The lowest BCUT2D eigenvalue weighted by atomic mass is 10.1. The highest BCUT2D eigenvalue weighted by atomic mass is 16.6. The van der Waals surface area contributed by atoms with E-state index in [1.807, 2.05) is 40.7 Å². The molecular formula is C18H32N2O3. The van der Waals surface area contributed by atoms with Crippen LogP contribution in [0.1, 0.15) is 54.4 Å². The summed E-state index contributed by atoms with van der Waals surface area (Å²) in [5, 5.41) is 9.74. The van der Waals surface area contributed by atoms with Crippen molar-refractivity contribution < 1.29 is 14.6 Å². The first-order chi connectivity index (χ1) is 10.6. The first kappa shape index (κ1) is 21.1. The molecule has 0 saturated heterocycles. The summed E-state index contributed by atoms with van der Waals surface area (Å²) in [5.41, 5.74) is 6.61. The molecular weight excluding hydrogens is 292 g/mol. The summed E-state index contributed by atoms with van der Waals surface area (Å²) >= 11 is 0. The van der Waals surface area contributed by atoms with E-state index in [0.29, 0.717) is 18.8 Å². The van der Waals surface area contributed by atoms with Crippen molar-refractivity contribution in [1.82, 2.24) is 4.90 Å². The van der Waals surface area contributed by atoms with E-state index in [1.165, 1.54) is 0 Å². The van der Waals surface area contributed by atoms with Crippen LogP contribution in [0.15, 0.2) is 35.3 Å². The van der Waals surface area contributed by atoms with Crippen LogP contribution in [0.5, 0.6) is 0 Å². The zero-order valence-electron chi connectivity index (χ0n) is 15.3. The summed E-state index contributed by atoms with van der Waals surface area (Å²) in [6.07, 6.45) is 6.36. The summed E-state index contributed by atoms with van der Waals surface area (Å²) in [5.74, 6) is 0.0536. The van der Waals surface area contributed by atoms with Gasteiger partial charge in [0, 0.05) is 13.1 Å². The average Bonchev–Trinajstić information content (AvgIpc) is 2.47. The van der Waals surface area contributed by atoms with E-state index in [4.69, 9.17) is 10.5 Å². The van der Waals surface area contributed by atoms with Gasteiger partial charge in [0.1, 0.15) is 11.4 Å². The van der Waals surface area contributed by atoms with Crippen LogP contribution in [0.25, 0.3) is 0 Å². The Hall–Kier alpha value is -1.91. The number of carbonyl (C=O) groups is 1. The van der Waals surface area contributed by atoms with Crippen molar-refractivity contribution in [3.8, 4) is 0 Å². The largest absolute Gasteiger partial charge is 0.506 e. The molecule has 0 heterocycles. The molecule has 5 heteroatoms. The predicted molar refractivity (Wildman–Crippen MR) is 95.1 cm³/mol. The van der Waals surface area contributed by atoms with Crippen LogP contribution in [0.3, 0.4) is 0 Å². The minimum Gasteiger partial charge on any atom is -0.506 e. The Morgan fingerprint density at radius 2 is 1.87 bits per heavy atom. The highest BCUT2D eigenvalue weighted by Crippen LogP contribution is 2.13. The van der Waals surface area contributed by atoms with Crippen molar-refractivity contribution in [3.63, 3.8) is 0 Å². The Kier molecular flexibility index (Phi) is 9.15. The van der Waals surface area contributed by atoms with Crippen molar-refractivity contribution in [2.75, 3.05) is 13.1 Å². The molecule has 0 aromatic rings. The fraction of sp³-hybridized carbons (Fsp3) is 0.611. The Balaban J connectivity index is 4.78. The second-order valence-electron chi connectivity index (χ2n) is 6.28. The third kappa shape index (κ3) is 8.96. The van der Waals surface area contributed by atoms with Gasteiger partial charge < -0.3 is 20.5 Å². The van der Waals surface area contributed by atoms with Gasteiger partial charge in [0.05, 0.1) is 5.70 Å². The lowest BCUT2D eigenvalue weighted by Gasteiger charge is -2.26. The number of aliphatic hydroxyl groups is 1. The summed E-state index contributed by atoms with van der Waals surface area (Å²) < 4.78 is 5.39. The lowest BCUT2D eigenvalue weighted by Crippen LogP contribution is -2.37. The fourth-order valence-corrected chi connectivity index (χ4v) is 1.80. The molecule has 0 bridgehead atoms. The van der Waals surface area contributed by atoms with Gasteiger partial charge in [0.2, 0.25) is 0 Å². The van der Waals surface area contributed by atoms with E-state index in [-0.39, 0.29) is 11.9 Å². The van der Waals surface area contributed by atoms with Crippen molar-refractivity contribution in [2.45, 2.75) is 60.0 Å². The third-order valence-electron chi connectivity index (χ3n) is 3.27. The van der Waals surface area contributed by atoms with E-state index in [1.54, 1.807) is 24.0 Å². The molecule has 0 radical (unpaired) electrons. The van der Waals surface area contributed by atoms with Crippen LogP contribution in [0.4, 0.5) is 4.79 Å². The van der Waals surface area contributed by atoms with Gasteiger partial charge in [-0.1, -0.05) is 24.6 Å². The fourth-order valence-electron chi connectivity index (χ4n) is 1.80. The molecule has 0 aromatic heterocycles. The Morgan fingerprint density at radius 3 is 2.30 bits per heavy atom. The number of allylic oxidation sites excluding steroid dienone is 3. The third-order valence-corrected chi connectivity index (χ3v) is 3.27. The number of hydrogen-bond acceptors (Lipinski definition) is 4. The first-order valence-corrected chi connectivity index (χ1v) is 8.13. The van der Waals surface area contributed by atoms with E-state index in [9.17, 15) is 9.90 Å². The summed E-state index contributed by atoms with van der Waals surface area (Å²) in [6.45, 7) is 12.5. The van der Waals surface area contributed by atoms with Crippen molar-refractivity contribution in [1.29, 1.82) is 0 Å². The van der Waals surface area contributed by atoms with Crippen LogP contribution in [-0.4, -0.2) is 34.8 Å². The molecule has 0 fully saturated rings. The van der Waals surface area contributed by atoms with E-state index >= 15 is 0 Å². The van der Waals surface area contributed by atoms with Gasteiger partial charge in [-0.15, -0.1) is 0 Å². The van der Waals surface area contributed by atoms with E-state index in [0.717, 1.165) is 18.4 Å². The van der Waals surface area contributed by atoms with Crippen LogP contribution in [-0.2, 0) is 4.74 Å². The van der Waals surface area contributed by atoms with Gasteiger partial charge >= 0.3 is 6.09 Å². The number of carbonyl (C=O) groups excluding carboxylic acids is 1. The maximum absolute atomic E-state index is 12.1. The van der Waals surface area contributed by atoms with Crippen molar-refractivity contribution >= 4 is 6.09 Å². The Morgan fingerprint density at radius 1 is 1.26 bits per heavy atom. The number of amides is 1. The molecule has 0 atom stereocenters. The van der Waals surface area contributed by atoms with Crippen molar-refractivity contribution in [3.05, 3.63) is 35.3 Å². The molecule has 5 nitrogen and oxygen atoms in total. The molecule has 132 valence electrons. The number of nitrogens with zero attached hydrogens (tertiary/aromatic N) is 1. The molecule has 0 unspecified atom stereocenters. The predicted octanol–water partition coefficient (Wildman–Crippen LogP) is 4.27. The van der Waals surface area contributed by atoms with E-state index < -0.39 is 5.60 Å². The normalized spacial score (nSPS) is 13.9. The number of nitrogens with two attached hydrogens (primary N) is 1. The molecule has 1 amide bonds. The van der Waals surface area contributed by atoms with Crippen LogP contribution >= 0.6 is 0 Å². The lowest BCUT2D eigenvalue weighted by molar-refractivity contribution is 0.0262. The summed E-state index contributed by atoms with van der Waals surface area (Å²) in [7, 11) is 0. The molecule has 0 rings (SSSR count). The van der Waals surface area contributed by atoms with Gasteiger partial charge in [-0.2, -0.15) is 0 Å². The molecule has 0 spiro atoms. The first-order valence-electron chi connectivity index (χ1n) is 8.13.